The van der Waals surface area contributed by atoms with Crippen molar-refractivity contribution in [3.8, 4) is 0 Å². The van der Waals surface area contributed by atoms with Crippen molar-refractivity contribution in [3.05, 3.63) is 24.2 Å². The molecular weight excluding hydrogens is 258 g/mol. The molecule has 3 rings (SSSR count). The molecule has 0 radical (unpaired) electrons. The molecule has 0 atom stereocenters. The summed E-state index contributed by atoms with van der Waals surface area (Å²) in [5.41, 5.74) is 1.87. The van der Waals surface area contributed by atoms with Gasteiger partial charge in [0.2, 0.25) is 0 Å². The minimum Gasteiger partial charge on any atom is -0.472 e. The Morgan fingerprint density at radius 3 is 2.67 bits per heavy atom. The van der Waals surface area contributed by atoms with E-state index in [4.69, 9.17) is 4.42 Å². The van der Waals surface area contributed by atoms with Crippen LogP contribution in [-0.2, 0) is 6.42 Å². The van der Waals surface area contributed by atoms with Crippen LogP contribution in [0.2, 0.25) is 0 Å². The Labute approximate surface area is 129 Å². The van der Waals surface area contributed by atoms with E-state index in [2.05, 4.69) is 18.3 Å². The Morgan fingerprint density at radius 2 is 2.05 bits per heavy atom. The summed E-state index contributed by atoms with van der Waals surface area (Å²) in [6.07, 6.45) is 17.6. The van der Waals surface area contributed by atoms with Gasteiger partial charge in [0.1, 0.15) is 0 Å². The lowest BCUT2D eigenvalue weighted by atomic mass is 9.66. The zero-order chi connectivity index (χ0) is 14.5. The summed E-state index contributed by atoms with van der Waals surface area (Å²) in [5.74, 6) is 0.989. The van der Waals surface area contributed by atoms with Crippen LogP contribution in [0, 0.1) is 11.3 Å². The average molecular weight is 289 g/mol. The van der Waals surface area contributed by atoms with Crippen molar-refractivity contribution in [2.75, 3.05) is 6.54 Å². The predicted octanol–water partition coefficient (Wildman–Crippen LogP) is 4.94. The molecular formula is C19H31NO. The Morgan fingerprint density at radius 1 is 1.24 bits per heavy atom. The maximum absolute atomic E-state index is 5.29. The number of hydrogen-bond donors (Lipinski definition) is 1. The number of hydrogen-bond acceptors (Lipinski definition) is 2. The molecule has 1 aromatic rings. The van der Waals surface area contributed by atoms with Gasteiger partial charge in [-0.05, 0) is 67.9 Å². The molecule has 2 heteroatoms. The van der Waals surface area contributed by atoms with E-state index < -0.39 is 0 Å². The van der Waals surface area contributed by atoms with Crippen molar-refractivity contribution < 1.29 is 4.42 Å². The van der Waals surface area contributed by atoms with Crippen LogP contribution in [0.25, 0.3) is 0 Å². The molecule has 118 valence electrons. The second-order valence-corrected chi connectivity index (χ2v) is 7.55. The van der Waals surface area contributed by atoms with Crippen LogP contribution in [-0.4, -0.2) is 12.6 Å². The first kappa shape index (κ1) is 15.1. The van der Waals surface area contributed by atoms with E-state index in [1.807, 2.05) is 12.5 Å². The molecule has 0 spiro atoms. The van der Waals surface area contributed by atoms with Gasteiger partial charge < -0.3 is 9.73 Å². The second-order valence-electron chi connectivity index (χ2n) is 7.55. The smallest absolute Gasteiger partial charge is 0.0934 e. The molecule has 0 aromatic carbocycles. The quantitative estimate of drug-likeness (QED) is 0.733. The molecule has 2 saturated carbocycles. The third-order valence-corrected chi connectivity index (χ3v) is 5.63. The monoisotopic (exact) mass is 289 g/mol. The first-order valence-corrected chi connectivity index (χ1v) is 9.04. The number of unbranched alkanes of at least 4 members (excludes halogenated alkanes) is 1. The van der Waals surface area contributed by atoms with Crippen molar-refractivity contribution >= 4 is 0 Å². The molecule has 2 aliphatic rings. The summed E-state index contributed by atoms with van der Waals surface area (Å²) in [4.78, 5) is 0. The third kappa shape index (κ3) is 4.35. The zero-order valence-electron chi connectivity index (χ0n) is 13.6. The van der Waals surface area contributed by atoms with E-state index in [1.165, 1.54) is 76.3 Å². The molecule has 21 heavy (non-hydrogen) atoms. The minimum absolute atomic E-state index is 0.481. The van der Waals surface area contributed by atoms with Crippen LogP contribution >= 0.6 is 0 Å². The SMILES string of the molecule is CCCCC1CCC(CNC2CC2)(Cc2ccoc2)CC1. The fourth-order valence-corrected chi connectivity index (χ4v) is 3.96. The van der Waals surface area contributed by atoms with Gasteiger partial charge in [0, 0.05) is 12.6 Å². The van der Waals surface area contributed by atoms with Gasteiger partial charge >= 0.3 is 0 Å². The number of nitrogens with one attached hydrogen (secondary N) is 1. The molecule has 1 heterocycles. The van der Waals surface area contributed by atoms with E-state index >= 15 is 0 Å². The number of furan rings is 1. The third-order valence-electron chi connectivity index (χ3n) is 5.63. The topological polar surface area (TPSA) is 25.2 Å². The Kier molecular flexibility index (Phi) is 5.05. The largest absolute Gasteiger partial charge is 0.472 e. The van der Waals surface area contributed by atoms with E-state index in [-0.39, 0.29) is 0 Å². The highest BCUT2D eigenvalue weighted by molar-refractivity contribution is 5.10. The van der Waals surface area contributed by atoms with E-state index in [9.17, 15) is 0 Å². The molecule has 0 amide bonds. The maximum atomic E-state index is 5.29. The van der Waals surface area contributed by atoms with Crippen LogP contribution in [0.4, 0.5) is 0 Å². The molecule has 0 saturated heterocycles. The molecule has 0 bridgehead atoms. The molecule has 2 nitrogen and oxygen atoms in total. The van der Waals surface area contributed by atoms with Gasteiger partial charge in [-0.2, -0.15) is 0 Å². The molecule has 2 aliphatic carbocycles. The standard InChI is InChI=1S/C19H31NO/c1-2-3-4-16-7-10-19(11-8-16,15-20-18-5-6-18)13-17-9-12-21-14-17/h9,12,14,16,18,20H,2-8,10-11,13,15H2,1H3. The van der Waals surface area contributed by atoms with Crippen LogP contribution in [0.15, 0.2) is 23.0 Å². The van der Waals surface area contributed by atoms with Crippen molar-refractivity contribution in [3.63, 3.8) is 0 Å². The fourth-order valence-electron chi connectivity index (χ4n) is 3.96. The van der Waals surface area contributed by atoms with Gasteiger partial charge in [0.25, 0.3) is 0 Å². The number of rotatable bonds is 8. The summed E-state index contributed by atoms with van der Waals surface area (Å²) in [6.45, 7) is 3.52. The summed E-state index contributed by atoms with van der Waals surface area (Å²) in [5, 5.41) is 3.81. The van der Waals surface area contributed by atoms with Gasteiger partial charge in [-0.25, -0.2) is 0 Å². The highest BCUT2D eigenvalue weighted by atomic mass is 16.3. The van der Waals surface area contributed by atoms with E-state index in [0.717, 1.165) is 12.0 Å². The van der Waals surface area contributed by atoms with Gasteiger partial charge in [0.15, 0.2) is 0 Å². The average Bonchev–Trinajstić information content (AvgIpc) is 3.21. The first-order valence-electron chi connectivity index (χ1n) is 9.04. The van der Waals surface area contributed by atoms with Crippen molar-refractivity contribution in [1.82, 2.24) is 5.32 Å². The van der Waals surface area contributed by atoms with E-state index in [0.29, 0.717) is 5.41 Å². The maximum Gasteiger partial charge on any atom is 0.0934 e. The summed E-state index contributed by atoms with van der Waals surface area (Å²) in [6, 6.07) is 2.98. The predicted molar refractivity (Wildman–Crippen MR) is 87.4 cm³/mol. The fraction of sp³-hybridized carbons (Fsp3) is 0.789. The molecule has 0 aliphatic heterocycles. The first-order chi connectivity index (χ1) is 10.3. The van der Waals surface area contributed by atoms with E-state index in [1.54, 1.807) is 0 Å². The van der Waals surface area contributed by atoms with Crippen molar-refractivity contribution in [2.24, 2.45) is 11.3 Å². The van der Waals surface area contributed by atoms with Gasteiger partial charge in [-0.15, -0.1) is 0 Å². The summed E-state index contributed by atoms with van der Waals surface area (Å²) >= 11 is 0. The molecule has 0 unspecified atom stereocenters. The van der Waals surface area contributed by atoms with Crippen molar-refractivity contribution in [2.45, 2.75) is 77.2 Å². The Hall–Kier alpha value is -0.760. The lowest BCUT2D eigenvalue weighted by molar-refractivity contribution is 0.137. The Bertz CT molecular complexity index is 399. The van der Waals surface area contributed by atoms with Crippen LogP contribution in [0.5, 0.6) is 0 Å². The molecule has 1 N–H and O–H groups in total. The van der Waals surface area contributed by atoms with Crippen LogP contribution in [0.1, 0.15) is 70.3 Å². The van der Waals surface area contributed by atoms with Crippen LogP contribution < -0.4 is 5.32 Å². The highest BCUT2D eigenvalue weighted by Gasteiger charge is 2.36. The normalized spacial score (nSPS) is 29.7. The lowest BCUT2D eigenvalue weighted by Gasteiger charge is -2.41. The zero-order valence-corrected chi connectivity index (χ0v) is 13.6. The lowest BCUT2D eigenvalue weighted by Crippen LogP contribution is -2.40. The summed E-state index contributed by atoms with van der Waals surface area (Å²) in [7, 11) is 0. The molecule has 1 aromatic heterocycles. The van der Waals surface area contributed by atoms with Crippen LogP contribution in [0.3, 0.4) is 0 Å². The highest BCUT2D eigenvalue weighted by Crippen LogP contribution is 2.43. The summed E-state index contributed by atoms with van der Waals surface area (Å²) < 4.78 is 5.29. The van der Waals surface area contributed by atoms with Gasteiger partial charge in [0.05, 0.1) is 12.5 Å². The van der Waals surface area contributed by atoms with Crippen molar-refractivity contribution in [1.29, 1.82) is 0 Å². The molecule has 2 fully saturated rings. The van der Waals surface area contributed by atoms with Gasteiger partial charge in [-0.1, -0.05) is 26.2 Å². The van der Waals surface area contributed by atoms with Gasteiger partial charge in [-0.3, -0.25) is 0 Å². The Balaban J connectivity index is 1.57. The second kappa shape index (κ2) is 7.00. The minimum atomic E-state index is 0.481.